The molecule has 0 saturated heterocycles. The largest absolute Gasteiger partial charge is 0.454 e. The minimum Gasteiger partial charge on any atom is -0.454 e. The van der Waals surface area contributed by atoms with E-state index in [9.17, 15) is 14.4 Å². The van der Waals surface area contributed by atoms with Crippen LogP contribution in [0.25, 0.3) is 0 Å². The first-order valence-corrected chi connectivity index (χ1v) is 8.67. The summed E-state index contributed by atoms with van der Waals surface area (Å²) in [6.07, 6.45) is 0. The second-order valence-corrected chi connectivity index (χ2v) is 6.50. The van der Waals surface area contributed by atoms with Crippen LogP contribution in [0.1, 0.15) is 33.8 Å². The maximum absolute atomic E-state index is 11.9. The molecule has 1 atom stereocenters. The van der Waals surface area contributed by atoms with Gasteiger partial charge in [-0.3, -0.25) is 14.4 Å². The van der Waals surface area contributed by atoms with Gasteiger partial charge in [0, 0.05) is 10.4 Å². The Morgan fingerprint density at radius 2 is 2.00 bits per heavy atom. The second-order valence-electron chi connectivity index (χ2n) is 5.52. The van der Waals surface area contributed by atoms with E-state index in [-0.39, 0.29) is 31.0 Å². The molecule has 2 amide bonds. The first-order valence-electron chi connectivity index (χ1n) is 7.79. The van der Waals surface area contributed by atoms with Gasteiger partial charge in [-0.15, -0.1) is 11.3 Å². The van der Waals surface area contributed by atoms with E-state index in [4.69, 9.17) is 4.74 Å². The van der Waals surface area contributed by atoms with E-state index in [1.165, 1.54) is 11.3 Å². The van der Waals surface area contributed by atoms with Gasteiger partial charge in [0.05, 0.1) is 6.04 Å². The van der Waals surface area contributed by atoms with E-state index in [2.05, 4.69) is 10.6 Å². The van der Waals surface area contributed by atoms with Crippen molar-refractivity contribution < 1.29 is 19.1 Å². The molecule has 0 radical (unpaired) electrons. The van der Waals surface area contributed by atoms with E-state index in [1.54, 1.807) is 18.2 Å². The molecule has 1 aromatic heterocycles. The van der Waals surface area contributed by atoms with Crippen molar-refractivity contribution in [1.29, 1.82) is 0 Å². The highest BCUT2D eigenvalue weighted by Crippen LogP contribution is 2.17. The van der Waals surface area contributed by atoms with Crippen molar-refractivity contribution in [3.8, 4) is 0 Å². The molecule has 2 N–H and O–H groups in total. The van der Waals surface area contributed by atoms with Crippen LogP contribution in [0.5, 0.6) is 0 Å². The number of hydrogen-bond acceptors (Lipinski definition) is 5. The summed E-state index contributed by atoms with van der Waals surface area (Å²) >= 11 is 1.54. The molecule has 0 fully saturated rings. The third kappa shape index (κ3) is 6.04. The zero-order chi connectivity index (χ0) is 18.2. The lowest BCUT2D eigenvalue weighted by atomic mass is 10.1. The maximum atomic E-state index is 11.9. The van der Waals surface area contributed by atoms with Crippen LogP contribution in [-0.2, 0) is 14.3 Å². The van der Waals surface area contributed by atoms with Gasteiger partial charge in [-0.25, -0.2) is 0 Å². The Bertz CT molecular complexity index is 743. The van der Waals surface area contributed by atoms with Gasteiger partial charge in [0.2, 0.25) is 0 Å². The Hall–Kier alpha value is -2.67. The average molecular weight is 360 g/mol. The molecule has 0 aliphatic heterocycles. The highest BCUT2D eigenvalue weighted by Gasteiger charge is 2.13. The molecule has 2 aromatic rings. The summed E-state index contributed by atoms with van der Waals surface area (Å²) in [4.78, 5) is 36.4. The van der Waals surface area contributed by atoms with E-state index in [0.29, 0.717) is 5.56 Å². The zero-order valence-corrected chi connectivity index (χ0v) is 14.9. The minimum absolute atomic E-state index is 0.146. The van der Waals surface area contributed by atoms with Gasteiger partial charge in [0.25, 0.3) is 11.8 Å². The molecule has 0 unspecified atom stereocenters. The predicted octanol–water partition coefficient (Wildman–Crippen LogP) is 2.21. The fourth-order valence-electron chi connectivity index (χ4n) is 2.13. The number of ether oxygens (including phenoxy) is 1. The highest BCUT2D eigenvalue weighted by molar-refractivity contribution is 7.10. The van der Waals surface area contributed by atoms with E-state index < -0.39 is 5.97 Å². The van der Waals surface area contributed by atoms with Crippen molar-refractivity contribution in [2.24, 2.45) is 0 Å². The Balaban J connectivity index is 1.70. The molecule has 0 saturated carbocycles. The molecule has 0 bridgehead atoms. The van der Waals surface area contributed by atoms with Gasteiger partial charge < -0.3 is 15.4 Å². The van der Waals surface area contributed by atoms with Crippen LogP contribution < -0.4 is 10.6 Å². The molecule has 1 heterocycles. The number of esters is 1. The van der Waals surface area contributed by atoms with Crippen LogP contribution in [-0.4, -0.2) is 30.9 Å². The molecule has 7 heteroatoms. The fourth-order valence-corrected chi connectivity index (χ4v) is 2.86. The number of rotatable bonds is 7. The molecule has 1 aromatic carbocycles. The molecule has 6 nitrogen and oxygen atoms in total. The van der Waals surface area contributed by atoms with Gasteiger partial charge in [0.1, 0.15) is 6.54 Å². The molecule has 0 spiro atoms. The van der Waals surface area contributed by atoms with Crippen molar-refractivity contribution in [2.45, 2.75) is 19.9 Å². The van der Waals surface area contributed by atoms with Gasteiger partial charge in [-0.2, -0.15) is 0 Å². The second kappa shape index (κ2) is 8.98. The third-order valence-corrected chi connectivity index (χ3v) is 4.44. The monoisotopic (exact) mass is 360 g/mol. The summed E-state index contributed by atoms with van der Waals surface area (Å²) < 4.78 is 4.87. The zero-order valence-electron chi connectivity index (χ0n) is 14.1. The molecule has 0 aliphatic carbocycles. The Morgan fingerprint density at radius 3 is 2.68 bits per heavy atom. The van der Waals surface area contributed by atoms with Gasteiger partial charge >= 0.3 is 5.97 Å². The summed E-state index contributed by atoms with van der Waals surface area (Å²) in [5.74, 6) is -1.42. The standard InChI is InChI=1S/C18H20N2O4S/c1-12-5-3-6-14(9-12)18(23)19-10-17(22)24-11-16(21)20-13(2)15-7-4-8-25-15/h3-9,13H,10-11H2,1-2H3,(H,19,23)(H,20,21)/t13-/m0/s1. The number of carbonyl (C=O) groups is 3. The predicted molar refractivity (Wildman–Crippen MR) is 95.3 cm³/mol. The number of hydrogen-bond donors (Lipinski definition) is 2. The number of amides is 2. The van der Waals surface area contributed by atoms with Crippen molar-refractivity contribution >= 4 is 29.1 Å². The quantitative estimate of drug-likeness (QED) is 0.742. The normalized spacial score (nSPS) is 11.4. The number of thiophene rings is 1. The van der Waals surface area contributed by atoms with E-state index in [1.807, 2.05) is 37.4 Å². The van der Waals surface area contributed by atoms with Gasteiger partial charge in [-0.05, 0) is 37.4 Å². The summed E-state index contributed by atoms with van der Waals surface area (Å²) in [6, 6.07) is 10.7. The molecular formula is C18H20N2O4S. The summed E-state index contributed by atoms with van der Waals surface area (Å²) in [6.45, 7) is 3.06. The van der Waals surface area contributed by atoms with Crippen LogP contribution in [0.3, 0.4) is 0 Å². The van der Waals surface area contributed by atoms with Crippen LogP contribution >= 0.6 is 11.3 Å². The lowest BCUT2D eigenvalue weighted by Crippen LogP contribution is -2.34. The van der Waals surface area contributed by atoms with Crippen molar-refractivity contribution in [1.82, 2.24) is 10.6 Å². The molecule has 2 rings (SSSR count). The number of nitrogens with one attached hydrogen (secondary N) is 2. The van der Waals surface area contributed by atoms with E-state index in [0.717, 1.165) is 10.4 Å². The first-order chi connectivity index (χ1) is 12.0. The van der Waals surface area contributed by atoms with Gasteiger partial charge in [-0.1, -0.05) is 23.8 Å². The van der Waals surface area contributed by atoms with Crippen LogP contribution in [0.2, 0.25) is 0 Å². The molecular weight excluding hydrogens is 340 g/mol. The maximum Gasteiger partial charge on any atom is 0.325 e. The minimum atomic E-state index is -0.667. The van der Waals surface area contributed by atoms with Crippen molar-refractivity contribution in [2.75, 3.05) is 13.2 Å². The van der Waals surface area contributed by atoms with Crippen LogP contribution in [0.15, 0.2) is 41.8 Å². The van der Waals surface area contributed by atoms with Crippen molar-refractivity contribution in [3.63, 3.8) is 0 Å². The number of aryl methyl sites for hydroxylation is 1. The molecule has 0 aliphatic rings. The molecule has 132 valence electrons. The summed E-state index contributed by atoms with van der Waals surface area (Å²) in [7, 11) is 0. The topological polar surface area (TPSA) is 84.5 Å². The fraction of sp³-hybridized carbons (Fsp3) is 0.278. The Morgan fingerprint density at radius 1 is 1.20 bits per heavy atom. The summed E-state index contributed by atoms with van der Waals surface area (Å²) in [5.41, 5.74) is 1.42. The smallest absolute Gasteiger partial charge is 0.325 e. The SMILES string of the molecule is Cc1cccc(C(=O)NCC(=O)OCC(=O)N[C@@H](C)c2cccs2)c1. The third-order valence-electron chi connectivity index (χ3n) is 3.39. The lowest BCUT2D eigenvalue weighted by Gasteiger charge is -2.12. The summed E-state index contributed by atoms with van der Waals surface area (Å²) in [5, 5.41) is 7.14. The van der Waals surface area contributed by atoms with E-state index >= 15 is 0 Å². The average Bonchev–Trinajstić information content (AvgIpc) is 3.12. The van der Waals surface area contributed by atoms with Gasteiger partial charge in [0.15, 0.2) is 6.61 Å². The number of carbonyl (C=O) groups excluding carboxylic acids is 3. The van der Waals surface area contributed by atoms with Crippen LogP contribution in [0.4, 0.5) is 0 Å². The highest BCUT2D eigenvalue weighted by atomic mass is 32.1. The van der Waals surface area contributed by atoms with Crippen LogP contribution in [0, 0.1) is 6.92 Å². The lowest BCUT2D eigenvalue weighted by molar-refractivity contribution is -0.147. The number of benzene rings is 1. The molecule has 25 heavy (non-hydrogen) atoms. The Kier molecular flexibility index (Phi) is 6.71. The van der Waals surface area contributed by atoms with Crippen molar-refractivity contribution in [3.05, 3.63) is 57.8 Å². The Labute approximate surface area is 150 Å². The first kappa shape index (κ1) is 18.7.